The van der Waals surface area contributed by atoms with Crippen LogP contribution in [-0.2, 0) is 18.4 Å². The Bertz CT molecular complexity index is 917. The normalized spacial score (nSPS) is 14.2. The zero-order chi connectivity index (χ0) is 40.3. The molecule has 3 atom stereocenters. The van der Waals surface area contributed by atoms with Gasteiger partial charge in [-0.3, -0.25) is 13.8 Å². The van der Waals surface area contributed by atoms with E-state index in [0.29, 0.717) is 6.42 Å². The van der Waals surface area contributed by atoms with Crippen LogP contribution in [0.2, 0.25) is 0 Å². The second kappa shape index (κ2) is 42.6. The van der Waals surface area contributed by atoms with Gasteiger partial charge in [-0.25, -0.2) is 4.57 Å². The Morgan fingerprint density at radius 3 is 1.35 bits per heavy atom. The van der Waals surface area contributed by atoms with Gasteiger partial charge in [0.15, 0.2) is 0 Å². The first kappa shape index (κ1) is 54.0. The second-order valence-corrected chi connectivity index (χ2v) is 17.4. The van der Waals surface area contributed by atoms with Crippen molar-refractivity contribution in [2.75, 3.05) is 19.8 Å². The zero-order valence-electron chi connectivity index (χ0n) is 36.2. The van der Waals surface area contributed by atoms with E-state index in [4.69, 9.17) is 14.8 Å². The molecule has 0 spiro atoms. The lowest BCUT2D eigenvalue weighted by atomic mass is 10.0. The number of phosphoric ester groups is 1. The molecule has 0 fully saturated rings. The smallest absolute Gasteiger partial charge is 0.387 e. The van der Waals surface area contributed by atoms with Crippen molar-refractivity contribution < 1.29 is 28.4 Å². The van der Waals surface area contributed by atoms with Crippen LogP contribution < -0.4 is 11.1 Å². The van der Waals surface area contributed by atoms with E-state index in [0.717, 1.165) is 51.4 Å². The van der Waals surface area contributed by atoms with Crippen molar-refractivity contribution in [2.24, 2.45) is 5.73 Å². The molecule has 55 heavy (non-hydrogen) atoms. The number of rotatable bonds is 44. The summed E-state index contributed by atoms with van der Waals surface area (Å²) in [6.45, 7) is 4.15. The van der Waals surface area contributed by atoms with Gasteiger partial charge in [-0.1, -0.05) is 205 Å². The van der Waals surface area contributed by atoms with Gasteiger partial charge in [0.25, 0.3) is 0 Å². The number of aliphatic hydroxyl groups is 1. The summed E-state index contributed by atoms with van der Waals surface area (Å²) in [6, 6.07) is -0.862. The molecule has 0 saturated heterocycles. The Balaban J connectivity index is 4.16. The Morgan fingerprint density at radius 1 is 0.582 bits per heavy atom. The van der Waals surface area contributed by atoms with Gasteiger partial charge in [-0.2, -0.15) is 0 Å². The van der Waals surface area contributed by atoms with Crippen molar-refractivity contribution >= 4 is 13.7 Å². The maximum Gasteiger partial charge on any atom is 0.472 e. The lowest BCUT2D eigenvalue weighted by molar-refractivity contribution is -0.123. The topological polar surface area (TPSA) is 131 Å². The first-order valence-electron chi connectivity index (χ1n) is 23.5. The number of unbranched alkanes of at least 4 members (excludes halogenated alkanes) is 30. The molecule has 3 unspecified atom stereocenters. The Morgan fingerprint density at radius 2 is 0.945 bits per heavy atom. The van der Waals surface area contributed by atoms with Gasteiger partial charge in [0.1, 0.15) is 0 Å². The highest BCUT2D eigenvalue weighted by molar-refractivity contribution is 7.47. The Kier molecular flexibility index (Phi) is 41.8. The first-order valence-corrected chi connectivity index (χ1v) is 25.0. The number of nitrogens with one attached hydrogen (secondary N) is 1. The van der Waals surface area contributed by atoms with Gasteiger partial charge >= 0.3 is 7.82 Å². The van der Waals surface area contributed by atoms with Crippen LogP contribution in [0.4, 0.5) is 0 Å². The van der Waals surface area contributed by atoms with Gasteiger partial charge in [0.2, 0.25) is 5.91 Å². The summed E-state index contributed by atoms with van der Waals surface area (Å²) >= 11 is 0. The molecular weight excluding hydrogens is 707 g/mol. The second-order valence-electron chi connectivity index (χ2n) is 16.0. The van der Waals surface area contributed by atoms with Crippen molar-refractivity contribution in [3.05, 3.63) is 24.3 Å². The van der Waals surface area contributed by atoms with Crippen LogP contribution in [-0.4, -0.2) is 47.8 Å². The predicted molar refractivity (Wildman–Crippen MR) is 235 cm³/mol. The number of carbonyl (C=O) groups excluding carboxylic acids is 1. The van der Waals surface area contributed by atoms with Crippen LogP contribution in [0.15, 0.2) is 24.3 Å². The van der Waals surface area contributed by atoms with Crippen LogP contribution in [0.25, 0.3) is 0 Å². The number of carbonyl (C=O) groups is 1. The number of allylic oxidation sites excluding steroid dienone is 3. The number of hydrogen-bond donors (Lipinski definition) is 4. The summed E-state index contributed by atoms with van der Waals surface area (Å²) in [5, 5.41) is 13.7. The van der Waals surface area contributed by atoms with E-state index >= 15 is 0 Å². The van der Waals surface area contributed by atoms with Crippen LogP contribution in [0.1, 0.15) is 232 Å². The average Bonchev–Trinajstić information content (AvgIpc) is 3.17. The third-order valence-electron chi connectivity index (χ3n) is 10.5. The number of aliphatic hydroxyl groups excluding tert-OH is 1. The van der Waals surface area contributed by atoms with Gasteiger partial charge in [0.05, 0.1) is 25.4 Å². The Hall–Kier alpha value is -1.02. The van der Waals surface area contributed by atoms with Crippen molar-refractivity contribution in [2.45, 2.75) is 244 Å². The summed E-state index contributed by atoms with van der Waals surface area (Å²) in [7, 11) is -4.34. The SMILES string of the molecule is CCCCCCCCC/C=C\CCCCCCCC(=O)NC(COP(=O)(O)OCCN)C(O)/C=C/CCCCCCCCCCCCCCCCCCCC. The largest absolute Gasteiger partial charge is 0.472 e. The summed E-state index contributed by atoms with van der Waals surface area (Å²) in [4.78, 5) is 22.7. The van der Waals surface area contributed by atoms with Crippen LogP contribution >= 0.6 is 7.82 Å². The fourth-order valence-electron chi connectivity index (χ4n) is 6.95. The molecule has 5 N–H and O–H groups in total. The van der Waals surface area contributed by atoms with Gasteiger partial charge < -0.3 is 21.1 Å². The minimum absolute atomic E-state index is 0.0783. The Labute approximate surface area is 340 Å². The molecule has 326 valence electrons. The highest BCUT2D eigenvalue weighted by Crippen LogP contribution is 2.43. The number of amides is 1. The van der Waals surface area contributed by atoms with E-state index in [1.54, 1.807) is 6.08 Å². The summed E-state index contributed by atoms with van der Waals surface area (Å²) in [6.07, 6.45) is 49.4. The molecule has 0 aliphatic carbocycles. The number of phosphoric acid groups is 1. The quantitative estimate of drug-likeness (QED) is 0.0274. The molecule has 8 nitrogen and oxygen atoms in total. The third kappa shape index (κ3) is 41.0. The monoisotopic (exact) mass is 799 g/mol. The van der Waals surface area contributed by atoms with E-state index in [-0.39, 0.29) is 25.7 Å². The minimum atomic E-state index is -4.34. The fourth-order valence-corrected chi connectivity index (χ4v) is 7.71. The molecular formula is C46H91N2O6P. The van der Waals surface area contributed by atoms with E-state index in [1.807, 2.05) is 6.08 Å². The first-order chi connectivity index (χ1) is 26.9. The van der Waals surface area contributed by atoms with Crippen LogP contribution in [0.5, 0.6) is 0 Å². The van der Waals surface area contributed by atoms with E-state index in [2.05, 4.69) is 31.3 Å². The molecule has 0 aliphatic heterocycles. The molecule has 0 aromatic heterocycles. The highest BCUT2D eigenvalue weighted by Gasteiger charge is 2.26. The molecule has 0 aromatic carbocycles. The highest BCUT2D eigenvalue weighted by atomic mass is 31.2. The van der Waals surface area contributed by atoms with Crippen LogP contribution in [0.3, 0.4) is 0 Å². The fraction of sp³-hybridized carbons (Fsp3) is 0.891. The predicted octanol–water partition coefficient (Wildman–Crippen LogP) is 13.3. The van der Waals surface area contributed by atoms with E-state index in [1.165, 1.54) is 161 Å². The molecule has 0 heterocycles. The van der Waals surface area contributed by atoms with Crippen molar-refractivity contribution in [1.29, 1.82) is 0 Å². The maximum atomic E-state index is 12.8. The molecule has 0 rings (SSSR count). The molecule has 9 heteroatoms. The summed E-state index contributed by atoms with van der Waals surface area (Å²) in [5.41, 5.74) is 5.38. The lowest BCUT2D eigenvalue weighted by Crippen LogP contribution is -2.45. The minimum Gasteiger partial charge on any atom is -0.387 e. The molecule has 1 amide bonds. The summed E-state index contributed by atoms with van der Waals surface area (Å²) in [5.74, 6) is -0.200. The average molecular weight is 799 g/mol. The van der Waals surface area contributed by atoms with E-state index in [9.17, 15) is 19.4 Å². The molecule has 0 aromatic rings. The van der Waals surface area contributed by atoms with Gasteiger partial charge in [-0.15, -0.1) is 0 Å². The number of nitrogens with two attached hydrogens (primary N) is 1. The lowest BCUT2D eigenvalue weighted by Gasteiger charge is -2.23. The molecule has 0 bridgehead atoms. The van der Waals surface area contributed by atoms with Crippen LogP contribution in [0, 0.1) is 0 Å². The van der Waals surface area contributed by atoms with Gasteiger partial charge in [0, 0.05) is 13.0 Å². The van der Waals surface area contributed by atoms with Crippen molar-refractivity contribution in [3.63, 3.8) is 0 Å². The summed E-state index contributed by atoms with van der Waals surface area (Å²) < 4.78 is 22.2. The number of hydrogen-bond acceptors (Lipinski definition) is 6. The molecule has 0 radical (unpaired) electrons. The molecule has 0 saturated carbocycles. The third-order valence-corrected chi connectivity index (χ3v) is 11.5. The van der Waals surface area contributed by atoms with Crippen molar-refractivity contribution in [3.8, 4) is 0 Å². The van der Waals surface area contributed by atoms with Crippen molar-refractivity contribution in [1.82, 2.24) is 5.32 Å². The maximum absolute atomic E-state index is 12.8. The molecule has 0 aliphatic rings. The van der Waals surface area contributed by atoms with Gasteiger partial charge in [-0.05, 0) is 44.9 Å². The zero-order valence-corrected chi connectivity index (χ0v) is 37.1. The van der Waals surface area contributed by atoms with E-state index < -0.39 is 20.0 Å². The standard InChI is InChI=1S/C46H91N2O6P/c1-3-5-7-9-11-13-15-17-19-21-22-23-24-25-27-29-31-33-35-37-39-45(49)44(43-54-55(51,52)53-42-41-47)48-46(50)40-38-36-34-32-30-28-26-20-18-16-14-12-10-8-6-4-2/h20,26,37,39,44-45,49H,3-19,21-25,27-36,38,40-43,47H2,1-2H3,(H,48,50)(H,51,52)/b26-20-,39-37+.